The summed E-state index contributed by atoms with van der Waals surface area (Å²) in [4.78, 5) is 87.7. The number of hydrogen-bond acceptors (Lipinski definition) is 19. The fourth-order valence-corrected chi connectivity index (χ4v) is 16.0. The number of piperazine rings is 1. The number of nitrogens with two attached hydrogens (primary N) is 2. The second kappa shape index (κ2) is 34.6. The first-order chi connectivity index (χ1) is 52.9. The summed E-state index contributed by atoms with van der Waals surface area (Å²) in [6.07, 6.45) is 11.2. The lowest BCUT2D eigenvalue weighted by Crippen LogP contribution is -2.71. The van der Waals surface area contributed by atoms with E-state index in [0.717, 1.165) is 107 Å². The number of nitrogen functional groups attached to an aromatic ring is 2. The van der Waals surface area contributed by atoms with E-state index in [9.17, 15) is 42.6 Å². The van der Waals surface area contributed by atoms with E-state index in [1.54, 1.807) is 37.8 Å². The molecule has 4 saturated heterocycles. The summed E-state index contributed by atoms with van der Waals surface area (Å²) in [5.74, 6) is -3.68. The maximum Gasteiger partial charge on any atom is 0.330 e. The smallest absolute Gasteiger partial charge is 0.330 e. The van der Waals surface area contributed by atoms with Gasteiger partial charge in [0.25, 0.3) is 27.5 Å². The molecule has 3 amide bonds. The number of halogens is 1. The molecule has 10 aromatic rings. The Morgan fingerprint density at radius 3 is 1.97 bits per heavy atom. The zero-order chi connectivity index (χ0) is 80.0. The van der Waals surface area contributed by atoms with Gasteiger partial charge in [-0.3, -0.25) is 47.8 Å². The number of pyridine rings is 2. The zero-order valence-electron chi connectivity index (χ0n) is 63.1. The van der Waals surface area contributed by atoms with Crippen molar-refractivity contribution < 1.29 is 57.3 Å². The summed E-state index contributed by atoms with van der Waals surface area (Å²) in [6, 6.07) is 40.8. The van der Waals surface area contributed by atoms with Crippen molar-refractivity contribution in [3.8, 4) is 11.5 Å². The standard InChI is InChI=1S/C32H40BrN5O5.2C13H10N2.C12H18O2.C10H13N5O4.CH4O3S/c1-16(2)12-24-29(40)37-11-7-10-25(37)32(42)38(24)30(41)31(43-32,17(3)4)35-28(39)18-13-20-19-8-6-9-22-26(19)21(27(33)34-22)14-23(20)36(5)15-18;2*14-13-9-5-1-3-7-11(9)15-12-8-4-2-6-10(12)13;1-2-3-4-5-6-10-7-8-11(13)9-12(10)14;1-5-3-15(10(18)12-9(5)17)8-2-6(13-14-11)7(4-16)19-8;1-5(2,3)4/h6,8-9,13,16-18,23-25,34,42H,7,10-12,14-15H2,1-5H3,(H,35,39);2*1-8H,(H2,14,15);7-9,13-14H,2-6H2,1H3;3,6-8,16H,2,4H2,1H3,(H,12,17,18);1H3,(H,2,3,4)/t18-,23-,24+,25+,31-,32+;;;;6-,7+,8+;/m1...0./s1. The van der Waals surface area contributed by atoms with E-state index in [2.05, 4.69) is 75.2 Å². The number of likely N-dealkylation sites (N-methyl/N-ethyl adjacent to an activating group) is 1. The van der Waals surface area contributed by atoms with E-state index < -0.39 is 81.2 Å². The van der Waals surface area contributed by atoms with Crippen molar-refractivity contribution in [3.63, 3.8) is 0 Å². The van der Waals surface area contributed by atoms with Crippen LogP contribution in [0.15, 0.2) is 165 Å². The first-order valence-corrected chi connectivity index (χ1v) is 39.8. The van der Waals surface area contributed by atoms with Crippen LogP contribution in [0.4, 0.5) is 11.4 Å². The second-order valence-corrected chi connectivity index (χ2v) is 31.7. The second-order valence-electron chi connectivity index (χ2n) is 29.5. The Morgan fingerprint density at radius 1 is 0.847 bits per heavy atom. The average molecular weight is 1600 g/mol. The third-order valence-electron chi connectivity index (χ3n) is 20.9. The van der Waals surface area contributed by atoms with Gasteiger partial charge in [-0.2, -0.15) is 8.42 Å². The number of unbranched alkanes of at least 4 members (excludes halogenated alkanes) is 3. The number of aryl methyl sites for hydroxylation is 2. The Kier molecular flexibility index (Phi) is 25.4. The van der Waals surface area contributed by atoms with Gasteiger partial charge in [-0.05, 0) is 139 Å². The number of aromatic hydroxyl groups is 2. The van der Waals surface area contributed by atoms with Crippen LogP contribution in [-0.2, 0) is 46.8 Å². The molecule has 6 aliphatic rings. The number of carbonyl (C=O) groups is 3. The number of carbonyl (C=O) groups excluding carboxylic acids is 3. The van der Waals surface area contributed by atoms with Gasteiger partial charge in [0.15, 0.2) is 0 Å². The van der Waals surface area contributed by atoms with Crippen molar-refractivity contribution >= 4 is 115 Å². The number of H-pyrrole nitrogens is 2. The minimum absolute atomic E-state index is 0.104. The van der Waals surface area contributed by atoms with Gasteiger partial charge in [-0.15, -0.1) is 0 Å². The molecule has 5 aliphatic heterocycles. The lowest BCUT2D eigenvalue weighted by Gasteiger charge is -2.49. The fourth-order valence-electron chi connectivity index (χ4n) is 15.4. The summed E-state index contributed by atoms with van der Waals surface area (Å²) < 4.78 is 40.0. The first-order valence-electron chi connectivity index (χ1n) is 37.1. The molecule has 0 unspecified atom stereocenters. The molecule has 0 bridgehead atoms. The number of nitrogens with zero attached hydrogens (tertiary/aromatic N) is 9. The number of benzene rings is 6. The molecule has 16 rings (SSSR count). The number of rotatable bonds is 13. The van der Waals surface area contributed by atoms with Crippen molar-refractivity contribution in [2.24, 2.45) is 22.9 Å². The molecule has 0 saturated carbocycles. The zero-order valence-corrected chi connectivity index (χ0v) is 65.5. The van der Waals surface area contributed by atoms with Crippen LogP contribution in [0.2, 0.25) is 0 Å². The lowest BCUT2D eigenvalue weighted by molar-refractivity contribution is -0.322. The number of anilines is 2. The number of para-hydroxylation sites is 4. The molecule has 4 fully saturated rings. The van der Waals surface area contributed by atoms with E-state index in [-0.39, 0.29) is 48.3 Å². The lowest BCUT2D eigenvalue weighted by atomic mass is 9.79. The van der Waals surface area contributed by atoms with Crippen LogP contribution in [0, 0.1) is 24.7 Å². The molecule has 9 atom stereocenters. The van der Waals surface area contributed by atoms with E-state index in [0.29, 0.717) is 37.8 Å². The highest BCUT2D eigenvalue weighted by Crippen LogP contribution is 2.49. The van der Waals surface area contributed by atoms with Gasteiger partial charge in [0.2, 0.25) is 17.5 Å². The molecule has 0 radical (unpaired) electrons. The van der Waals surface area contributed by atoms with Gasteiger partial charge < -0.3 is 51.8 Å². The van der Waals surface area contributed by atoms with Crippen LogP contribution in [0.5, 0.6) is 11.5 Å². The normalized spacial score (nSPS) is 22.3. The van der Waals surface area contributed by atoms with E-state index in [1.165, 1.54) is 51.9 Å². The monoisotopic (exact) mass is 1600 g/mol. The molecule has 9 heterocycles. The van der Waals surface area contributed by atoms with Crippen molar-refractivity contribution in [2.75, 3.05) is 44.5 Å². The molecular formula is C81H95BrN14O14S. The molecule has 28 nitrogen and oxygen atoms in total. The highest BCUT2D eigenvalue weighted by Gasteiger charge is 2.72. The Bertz CT molecular complexity index is 5220. The number of phenolic OH excluding ortho intramolecular Hbond substituents is 2. The summed E-state index contributed by atoms with van der Waals surface area (Å²) >= 11 is 3.70. The number of hydrogen-bond donors (Lipinski definition) is 10. The number of nitrogens with one attached hydrogen (secondary N) is 3. The predicted molar refractivity (Wildman–Crippen MR) is 431 cm³/mol. The SMILES string of the molecule is CC(C)C[C@H]1C(=O)N2CCC[C@H]2[C@]2(O)O[C@](NC(=O)[C@@H]3C=C4c5cccc6[nH]c(Br)c(c56)C[C@H]4N(C)C3)(C(C)C)C(=O)N12.CCCCCCc1ccc(O)cc1O.CS(=O)(=O)O.Cc1cn([C@H]2C[C@H](N=[N+]=[N-])[C@@H](CO)O2)c(=O)[nH]c1=O.Nc1c2ccccc2nc2ccccc12.Nc1c2ccccc2nc2ccccc12. The first kappa shape index (κ1) is 81.7. The summed E-state index contributed by atoms with van der Waals surface area (Å²) in [7, 11) is -1.64. The van der Waals surface area contributed by atoms with Crippen LogP contribution >= 0.6 is 15.9 Å². The van der Waals surface area contributed by atoms with Gasteiger partial charge in [-0.1, -0.05) is 156 Å². The van der Waals surface area contributed by atoms with Gasteiger partial charge >= 0.3 is 5.69 Å². The third kappa shape index (κ3) is 17.6. The number of amides is 3. The van der Waals surface area contributed by atoms with Crippen molar-refractivity contribution in [3.05, 3.63) is 204 Å². The molecule has 30 heteroatoms. The Hall–Kier alpha value is -10.3. The third-order valence-corrected chi connectivity index (χ3v) is 21.6. The predicted octanol–water partition coefficient (Wildman–Crippen LogP) is 11.7. The molecule has 586 valence electrons. The van der Waals surface area contributed by atoms with Crippen LogP contribution in [0.3, 0.4) is 0 Å². The van der Waals surface area contributed by atoms with Crippen LogP contribution < -0.4 is 28.0 Å². The molecule has 12 N–H and O–H groups in total. The minimum Gasteiger partial charge on any atom is -0.508 e. The van der Waals surface area contributed by atoms with Gasteiger partial charge in [0.1, 0.15) is 29.8 Å². The van der Waals surface area contributed by atoms with Crippen molar-refractivity contribution in [2.45, 2.75) is 154 Å². The maximum absolute atomic E-state index is 14.4. The number of aliphatic hydroxyl groups excluding tert-OH is 1. The topological polar surface area (TPSA) is 424 Å². The number of aromatic nitrogens is 5. The fraction of sp³-hybridized carbons (Fsp3) is 0.395. The Morgan fingerprint density at radius 2 is 1.43 bits per heavy atom. The summed E-state index contributed by atoms with van der Waals surface area (Å²) in [6.45, 7) is 12.0. The molecule has 6 aromatic carbocycles. The number of azide groups is 1. The molecule has 4 aromatic heterocycles. The van der Waals surface area contributed by atoms with Crippen LogP contribution in [-0.4, -0.2) is 165 Å². The number of fused-ring (bicyclic) bond motifs is 9. The van der Waals surface area contributed by atoms with E-state index in [1.807, 2.05) is 130 Å². The van der Waals surface area contributed by atoms with Crippen LogP contribution in [0.1, 0.15) is 114 Å². The summed E-state index contributed by atoms with van der Waals surface area (Å²) in [5, 5.41) is 51.7. The quantitative estimate of drug-likeness (QED) is 0.0128. The molecule has 0 spiro atoms. The van der Waals surface area contributed by atoms with Crippen LogP contribution in [0.25, 0.3) is 70.5 Å². The van der Waals surface area contributed by atoms with E-state index >= 15 is 0 Å². The van der Waals surface area contributed by atoms with Crippen molar-refractivity contribution in [1.29, 1.82) is 0 Å². The number of aromatic amines is 2. The highest BCUT2D eigenvalue weighted by molar-refractivity contribution is 9.10. The summed E-state index contributed by atoms with van der Waals surface area (Å²) in [5.41, 5.74) is 29.0. The number of aliphatic hydroxyl groups is 2. The molecule has 111 heavy (non-hydrogen) atoms. The minimum atomic E-state index is -3.67. The average Bonchev–Trinajstić information content (AvgIpc) is 1.53. The number of ether oxygens (including phenoxy) is 2. The maximum atomic E-state index is 14.4. The molecular weight excluding hydrogens is 1500 g/mol. The molecule has 1 aliphatic carbocycles. The van der Waals surface area contributed by atoms with Crippen molar-refractivity contribution in [1.82, 2.24) is 44.5 Å². The van der Waals surface area contributed by atoms with Gasteiger partial charge in [0.05, 0.1) is 69.0 Å². The van der Waals surface area contributed by atoms with Gasteiger partial charge in [0, 0.05) is 86.7 Å². The largest absolute Gasteiger partial charge is 0.508 e. The van der Waals surface area contributed by atoms with E-state index in [4.69, 9.17) is 41.2 Å². The highest BCUT2D eigenvalue weighted by atomic mass is 79.9. The number of phenols is 2. The van der Waals surface area contributed by atoms with Gasteiger partial charge in [-0.25, -0.2) is 14.8 Å². The Labute approximate surface area is 650 Å². The Balaban J connectivity index is 0.000000149.